The monoisotopic (exact) mass is 418 g/mol. The molecule has 30 heavy (non-hydrogen) atoms. The van der Waals surface area contributed by atoms with E-state index in [1.807, 2.05) is 36.4 Å². The second-order valence-corrected chi connectivity index (χ2v) is 7.03. The molecule has 0 heterocycles. The number of amides is 1. The zero-order valence-corrected chi connectivity index (χ0v) is 17.2. The van der Waals surface area contributed by atoms with Gasteiger partial charge >= 0.3 is 5.97 Å². The number of ether oxygens (including phenoxy) is 1. The van der Waals surface area contributed by atoms with Gasteiger partial charge in [0.15, 0.2) is 5.11 Å². The van der Waals surface area contributed by atoms with E-state index in [1.54, 1.807) is 48.5 Å². The molecule has 0 aliphatic carbocycles. The van der Waals surface area contributed by atoms with Crippen LogP contribution in [0.4, 0.5) is 5.69 Å². The fraction of sp³-hybridized carbons (Fsp3) is 0.125. The van der Waals surface area contributed by atoms with Crippen molar-refractivity contribution in [1.29, 1.82) is 0 Å². The maximum absolute atomic E-state index is 12.2. The van der Waals surface area contributed by atoms with Gasteiger partial charge < -0.3 is 15.4 Å². The first-order valence-electron chi connectivity index (χ1n) is 9.62. The predicted octanol–water partition coefficient (Wildman–Crippen LogP) is 4.74. The molecule has 0 aromatic heterocycles. The topological polar surface area (TPSA) is 67.4 Å². The fourth-order valence-electron chi connectivity index (χ4n) is 2.83. The molecule has 0 saturated heterocycles. The molecular formula is C24H22N2O3S. The van der Waals surface area contributed by atoms with E-state index in [4.69, 9.17) is 17.0 Å². The Labute approximate surface area is 181 Å². The Hall–Kier alpha value is -3.51. The van der Waals surface area contributed by atoms with Gasteiger partial charge in [-0.3, -0.25) is 4.79 Å². The van der Waals surface area contributed by atoms with Crippen LogP contribution in [0.25, 0.3) is 0 Å². The van der Waals surface area contributed by atoms with Crippen LogP contribution in [0, 0.1) is 0 Å². The highest BCUT2D eigenvalue weighted by molar-refractivity contribution is 7.80. The van der Waals surface area contributed by atoms with Crippen molar-refractivity contribution < 1.29 is 14.3 Å². The molecule has 0 fully saturated rings. The average Bonchev–Trinajstić information content (AvgIpc) is 2.75. The van der Waals surface area contributed by atoms with E-state index in [0.29, 0.717) is 23.4 Å². The number of hydrogen-bond donors (Lipinski definition) is 2. The molecule has 3 aromatic rings. The molecule has 1 amide bonds. The normalized spacial score (nSPS) is 10.1. The van der Waals surface area contributed by atoms with E-state index < -0.39 is 5.97 Å². The first-order valence-corrected chi connectivity index (χ1v) is 10.0. The maximum atomic E-state index is 12.2. The summed E-state index contributed by atoms with van der Waals surface area (Å²) in [6.07, 6.45) is 1.96. The van der Waals surface area contributed by atoms with Gasteiger partial charge in [-0.1, -0.05) is 54.6 Å². The third kappa shape index (κ3) is 6.83. The molecule has 0 radical (unpaired) electrons. The summed E-state index contributed by atoms with van der Waals surface area (Å²) < 4.78 is 5.39. The number of esters is 1. The van der Waals surface area contributed by atoms with Crippen molar-refractivity contribution in [1.82, 2.24) is 5.32 Å². The Balaban J connectivity index is 1.46. The highest BCUT2D eigenvalue weighted by Gasteiger charge is 2.09. The Bertz CT molecular complexity index is 1010. The number of benzene rings is 3. The molecule has 3 rings (SSSR count). The molecule has 2 N–H and O–H groups in total. The van der Waals surface area contributed by atoms with Gasteiger partial charge in [-0.15, -0.1) is 0 Å². The number of thiocarbonyl (C=S) groups is 1. The lowest BCUT2D eigenvalue weighted by atomic mass is 10.1. The van der Waals surface area contributed by atoms with Crippen LogP contribution in [-0.2, 0) is 11.2 Å². The van der Waals surface area contributed by atoms with Gasteiger partial charge in [0, 0.05) is 18.2 Å². The zero-order valence-electron chi connectivity index (χ0n) is 16.3. The largest absolute Gasteiger partial charge is 0.423 e. The molecule has 0 spiro atoms. The number of aryl methyl sites for hydroxylation is 1. The van der Waals surface area contributed by atoms with Gasteiger partial charge in [-0.2, -0.15) is 0 Å². The molecule has 0 unspecified atom stereocenters. The van der Waals surface area contributed by atoms with Crippen molar-refractivity contribution in [2.24, 2.45) is 0 Å². The SMILES string of the molecule is O=C(CCCc1ccccc1)NC(=S)Nc1cccc(OC(=O)c2ccccc2)c1. The van der Waals surface area contributed by atoms with Gasteiger partial charge in [0.05, 0.1) is 5.56 Å². The molecular weight excluding hydrogens is 396 g/mol. The van der Waals surface area contributed by atoms with E-state index >= 15 is 0 Å². The molecule has 5 nitrogen and oxygen atoms in total. The number of carbonyl (C=O) groups excluding carboxylic acids is 2. The quantitative estimate of drug-likeness (QED) is 0.330. The second kappa shape index (κ2) is 10.9. The van der Waals surface area contributed by atoms with Crippen LogP contribution in [0.15, 0.2) is 84.9 Å². The summed E-state index contributed by atoms with van der Waals surface area (Å²) in [4.78, 5) is 24.3. The van der Waals surface area contributed by atoms with E-state index in [1.165, 1.54) is 5.56 Å². The molecule has 0 atom stereocenters. The second-order valence-electron chi connectivity index (χ2n) is 6.62. The fourth-order valence-corrected chi connectivity index (χ4v) is 3.06. The third-order valence-corrected chi connectivity index (χ3v) is 4.48. The van der Waals surface area contributed by atoms with Crippen LogP contribution in [-0.4, -0.2) is 17.0 Å². The maximum Gasteiger partial charge on any atom is 0.343 e. The molecule has 0 aliphatic heterocycles. The van der Waals surface area contributed by atoms with Crippen LogP contribution in [0.3, 0.4) is 0 Å². The van der Waals surface area contributed by atoms with E-state index in [0.717, 1.165) is 12.8 Å². The van der Waals surface area contributed by atoms with Crippen LogP contribution in [0.5, 0.6) is 5.75 Å². The van der Waals surface area contributed by atoms with Gasteiger partial charge in [0.1, 0.15) is 5.75 Å². The van der Waals surface area contributed by atoms with Crippen molar-refractivity contribution in [2.75, 3.05) is 5.32 Å². The minimum atomic E-state index is -0.443. The number of rotatable bonds is 7. The van der Waals surface area contributed by atoms with Crippen LogP contribution in [0.2, 0.25) is 0 Å². The van der Waals surface area contributed by atoms with Gasteiger partial charge in [-0.25, -0.2) is 4.79 Å². The molecule has 0 aliphatic rings. The van der Waals surface area contributed by atoms with Gasteiger partial charge in [-0.05, 0) is 54.9 Å². The highest BCUT2D eigenvalue weighted by Crippen LogP contribution is 2.18. The molecule has 0 saturated carbocycles. The zero-order chi connectivity index (χ0) is 21.2. The van der Waals surface area contributed by atoms with Crippen molar-refractivity contribution in [3.05, 3.63) is 96.1 Å². The standard InChI is InChI=1S/C24H22N2O3S/c27-22(16-7-11-18-9-3-1-4-10-18)26-24(30)25-20-14-8-15-21(17-20)29-23(28)19-12-5-2-6-13-19/h1-6,8-10,12-15,17H,7,11,16H2,(H2,25,26,27,30). The number of hydrogen-bond acceptors (Lipinski definition) is 4. The minimum Gasteiger partial charge on any atom is -0.423 e. The molecule has 152 valence electrons. The summed E-state index contributed by atoms with van der Waals surface area (Å²) in [5.41, 5.74) is 2.28. The Morgan fingerprint density at radius 1 is 0.867 bits per heavy atom. The van der Waals surface area contributed by atoms with E-state index in [2.05, 4.69) is 10.6 Å². The Morgan fingerprint density at radius 3 is 2.30 bits per heavy atom. The number of anilines is 1. The first-order chi connectivity index (χ1) is 14.6. The summed E-state index contributed by atoms with van der Waals surface area (Å²) in [5, 5.41) is 5.82. The van der Waals surface area contributed by atoms with Crippen LogP contribution < -0.4 is 15.4 Å². The minimum absolute atomic E-state index is 0.143. The summed E-state index contributed by atoms with van der Waals surface area (Å²) in [7, 11) is 0. The number of nitrogens with one attached hydrogen (secondary N) is 2. The van der Waals surface area contributed by atoms with E-state index in [9.17, 15) is 9.59 Å². The molecule has 6 heteroatoms. The lowest BCUT2D eigenvalue weighted by molar-refractivity contribution is -0.119. The first kappa shape index (κ1) is 21.2. The smallest absolute Gasteiger partial charge is 0.343 e. The molecule has 3 aromatic carbocycles. The predicted molar refractivity (Wildman–Crippen MR) is 122 cm³/mol. The Morgan fingerprint density at radius 2 is 1.57 bits per heavy atom. The Kier molecular flexibility index (Phi) is 7.69. The van der Waals surface area contributed by atoms with Crippen molar-refractivity contribution >= 4 is 34.9 Å². The van der Waals surface area contributed by atoms with Crippen LogP contribution >= 0.6 is 12.2 Å². The van der Waals surface area contributed by atoms with Gasteiger partial charge in [0.2, 0.25) is 5.91 Å². The summed E-state index contributed by atoms with van der Waals surface area (Å²) in [6.45, 7) is 0. The summed E-state index contributed by atoms with van der Waals surface area (Å²) in [6, 6.07) is 25.6. The lowest BCUT2D eigenvalue weighted by Gasteiger charge is -2.11. The summed E-state index contributed by atoms with van der Waals surface area (Å²) in [5.74, 6) is -0.206. The lowest BCUT2D eigenvalue weighted by Crippen LogP contribution is -2.34. The highest BCUT2D eigenvalue weighted by atomic mass is 32.1. The van der Waals surface area contributed by atoms with Gasteiger partial charge in [0.25, 0.3) is 0 Å². The van der Waals surface area contributed by atoms with Crippen molar-refractivity contribution in [3.8, 4) is 5.75 Å². The third-order valence-electron chi connectivity index (χ3n) is 4.28. The molecule has 0 bridgehead atoms. The van der Waals surface area contributed by atoms with Crippen molar-refractivity contribution in [2.45, 2.75) is 19.3 Å². The van der Waals surface area contributed by atoms with Crippen LogP contribution in [0.1, 0.15) is 28.8 Å². The summed E-state index contributed by atoms with van der Waals surface area (Å²) >= 11 is 5.21. The van der Waals surface area contributed by atoms with E-state index in [-0.39, 0.29) is 11.0 Å². The number of carbonyl (C=O) groups is 2. The van der Waals surface area contributed by atoms with Crippen molar-refractivity contribution in [3.63, 3.8) is 0 Å². The average molecular weight is 419 g/mol.